The highest BCUT2D eigenvalue weighted by Crippen LogP contribution is 2.26. The molecule has 66 valence electrons. The van der Waals surface area contributed by atoms with Crippen LogP contribution < -0.4 is 0 Å². The number of hydrogen-bond acceptors (Lipinski definition) is 4. The summed E-state index contributed by atoms with van der Waals surface area (Å²) >= 11 is 1.68. The summed E-state index contributed by atoms with van der Waals surface area (Å²) < 4.78 is 10.8. The minimum absolute atomic E-state index is 0.126. The van der Waals surface area contributed by atoms with E-state index in [2.05, 4.69) is 0 Å². The van der Waals surface area contributed by atoms with Crippen molar-refractivity contribution in [3.63, 3.8) is 0 Å². The van der Waals surface area contributed by atoms with Crippen LogP contribution in [0.2, 0.25) is 0 Å². The molecule has 0 aliphatic carbocycles. The van der Waals surface area contributed by atoms with E-state index < -0.39 is 5.79 Å². The molecule has 4 heteroatoms. The second kappa shape index (κ2) is 4.30. The van der Waals surface area contributed by atoms with Gasteiger partial charge in [0.25, 0.3) is 0 Å². The fourth-order valence-corrected chi connectivity index (χ4v) is 1.94. The SMILES string of the molecule is CSCC1(CCO)OCCO1. The maximum absolute atomic E-state index is 8.75. The van der Waals surface area contributed by atoms with Gasteiger partial charge >= 0.3 is 0 Å². The molecule has 0 spiro atoms. The molecule has 1 heterocycles. The van der Waals surface area contributed by atoms with Gasteiger partial charge in [-0.25, -0.2) is 0 Å². The van der Waals surface area contributed by atoms with Gasteiger partial charge in [-0.3, -0.25) is 0 Å². The summed E-state index contributed by atoms with van der Waals surface area (Å²) in [6.07, 6.45) is 2.58. The molecular formula is C7H14O3S. The number of aliphatic hydroxyl groups is 1. The zero-order valence-corrected chi connectivity index (χ0v) is 7.52. The number of ether oxygens (including phenoxy) is 2. The lowest BCUT2D eigenvalue weighted by Crippen LogP contribution is -2.34. The molecule has 0 aromatic heterocycles. The standard InChI is InChI=1S/C7H14O3S/c1-11-6-7(2-3-8)9-4-5-10-7/h8H,2-6H2,1H3. The fraction of sp³-hybridized carbons (Fsp3) is 1.00. The van der Waals surface area contributed by atoms with E-state index in [-0.39, 0.29) is 6.61 Å². The van der Waals surface area contributed by atoms with Gasteiger partial charge in [-0.1, -0.05) is 0 Å². The van der Waals surface area contributed by atoms with Crippen LogP contribution in [-0.4, -0.2) is 42.7 Å². The molecule has 1 rings (SSSR count). The van der Waals surface area contributed by atoms with Crippen molar-refractivity contribution in [3.8, 4) is 0 Å². The Morgan fingerprint density at radius 1 is 1.45 bits per heavy atom. The Hall–Kier alpha value is 0.230. The van der Waals surface area contributed by atoms with E-state index in [1.165, 1.54) is 0 Å². The van der Waals surface area contributed by atoms with Gasteiger partial charge in [-0.05, 0) is 6.26 Å². The first-order valence-corrected chi connectivity index (χ1v) is 5.10. The van der Waals surface area contributed by atoms with Crippen molar-refractivity contribution in [2.75, 3.05) is 31.8 Å². The van der Waals surface area contributed by atoms with Crippen LogP contribution in [0.1, 0.15) is 6.42 Å². The molecule has 0 aromatic carbocycles. The van der Waals surface area contributed by atoms with E-state index in [9.17, 15) is 0 Å². The summed E-state index contributed by atoms with van der Waals surface area (Å²) in [6, 6.07) is 0. The highest BCUT2D eigenvalue weighted by Gasteiger charge is 2.35. The maximum atomic E-state index is 8.75. The van der Waals surface area contributed by atoms with Crippen molar-refractivity contribution >= 4 is 11.8 Å². The quantitative estimate of drug-likeness (QED) is 0.679. The summed E-state index contributed by atoms with van der Waals surface area (Å²) in [5.74, 6) is 0.307. The molecule has 3 nitrogen and oxygen atoms in total. The number of hydrogen-bond donors (Lipinski definition) is 1. The molecule has 0 amide bonds. The number of thioether (sulfide) groups is 1. The molecule has 11 heavy (non-hydrogen) atoms. The summed E-state index contributed by atoms with van der Waals surface area (Å²) in [4.78, 5) is 0. The number of rotatable bonds is 4. The van der Waals surface area contributed by atoms with Crippen molar-refractivity contribution in [2.45, 2.75) is 12.2 Å². The first-order chi connectivity index (χ1) is 5.33. The van der Waals surface area contributed by atoms with Crippen LogP contribution in [0.4, 0.5) is 0 Å². The summed E-state index contributed by atoms with van der Waals surface area (Å²) in [5, 5.41) is 8.75. The van der Waals surface area contributed by atoms with Crippen molar-refractivity contribution in [1.29, 1.82) is 0 Å². The topological polar surface area (TPSA) is 38.7 Å². The smallest absolute Gasteiger partial charge is 0.179 e. The van der Waals surface area contributed by atoms with Gasteiger partial charge in [0.2, 0.25) is 0 Å². The van der Waals surface area contributed by atoms with E-state index in [0.29, 0.717) is 19.6 Å². The van der Waals surface area contributed by atoms with Crippen molar-refractivity contribution in [2.24, 2.45) is 0 Å². The van der Waals surface area contributed by atoms with Crippen molar-refractivity contribution < 1.29 is 14.6 Å². The maximum Gasteiger partial charge on any atom is 0.179 e. The fourth-order valence-electron chi connectivity index (χ4n) is 1.19. The van der Waals surface area contributed by atoms with Crippen LogP contribution >= 0.6 is 11.8 Å². The van der Waals surface area contributed by atoms with Crippen LogP contribution in [0.15, 0.2) is 0 Å². The van der Waals surface area contributed by atoms with Gasteiger partial charge in [0.05, 0.1) is 13.2 Å². The molecule has 1 fully saturated rings. The Labute approximate surface area is 71.1 Å². The largest absolute Gasteiger partial charge is 0.396 e. The molecule has 0 saturated carbocycles. The summed E-state index contributed by atoms with van der Waals surface area (Å²) in [5.41, 5.74) is 0. The van der Waals surface area contributed by atoms with Crippen LogP contribution in [0.3, 0.4) is 0 Å². The minimum Gasteiger partial charge on any atom is -0.396 e. The summed E-state index contributed by atoms with van der Waals surface area (Å²) in [6.45, 7) is 1.43. The lowest BCUT2D eigenvalue weighted by atomic mass is 10.2. The second-order valence-corrected chi connectivity index (χ2v) is 3.38. The average molecular weight is 178 g/mol. The van der Waals surface area contributed by atoms with Crippen LogP contribution in [0.25, 0.3) is 0 Å². The third-order valence-electron chi connectivity index (χ3n) is 1.67. The van der Waals surface area contributed by atoms with E-state index in [1.807, 2.05) is 6.26 Å². The zero-order chi connectivity index (χ0) is 8.16. The molecule has 1 aliphatic rings. The van der Waals surface area contributed by atoms with E-state index in [0.717, 1.165) is 5.75 Å². The predicted octanol–water partition coefficient (Wildman–Crippen LogP) is 0.475. The zero-order valence-electron chi connectivity index (χ0n) is 6.71. The van der Waals surface area contributed by atoms with Crippen LogP contribution in [0.5, 0.6) is 0 Å². The third-order valence-corrected chi connectivity index (χ3v) is 2.40. The predicted molar refractivity (Wildman–Crippen MR) is 44.7 cm³/mol. The lowest BCUT2D eigenvalue weighted by molar-refractivity contribution is -0.147. The average Bonchev–Trinajstić information content (AvgIpc) is 2.39. The van der Waals surface area contributed by atoms with Crippen molar-refractivity contribution in [1.82, 2.24) is 0 Å². The van der Waals surface area contributed by atoms with Gasteiger partial charge < -0.3 is 14.6 Å². The molecule has 0 bridgehead atoms. The number of aliphatic hydroxyl groups excluding tert-OH is 1. The van der Waals surface area contributed by atoms with E-state index in [4.69, 9.17) is 14.6 Å². The van der Waals surface area contributed by atoms with Gasteiger partial charge in [0.1, 0.15) is 0 Å². The van der Waals surface area contributed by atoms with Gasteiger partial charge in [-0.15, -0.1) is 0 Å². The Balaban J connectivity index is 2.40. The third kappa shape index (κ3) is 2.33. The molecule has 0 radical (unpaired) electrons. The highest BCUT2D eigenvalue weighted by molar-refractivity contribution is 7.98. The lowest BCUT2D eigenvalue weighted by Gasteiger charge is -2.25. The van der Waals surface area contributed by atoms with Crippen molar-refractivity contribution in [3.05, 3.63) is 0 Å². The monoisotopic (exact) mass is 178 g/mol. The molecule has 0 atom stereocenters. The Morgan fingerprint density at radius 2 is 2.09 bits per heavy atom. The van der Waals surface area contributed by atoms with Crippen LogP contribution in [-0.2, 0) is 9.47 Å². The minimum atomic E-state index is -0.492. The van der Waals surface area contributed by atoms with Crippen LogP contribution in [0, 0.1) is 0 Å². The molecule has 0 unspecified atom stereocenters. The van der Waals surface area contributed by atoms with Gasteiger partial charge in [0, 0.05) is 18.8 Å². The first kappa shape index (κ1) is 9.32. The normalized spacial score (nSPS) is 22.4. The van der Waals surface area contributed by atoms with E-state index in [1.54, 1.807) is 11.8 Å². The summed E-state index contributed by atoms with van der Waals surface area (Å²) in [7, 11) is 0. The molecule has 1 N–H and O–H groups in total. The Morgan fingerprint density at radius 3 is 2.55 bits per heavy atom. The van der Waals surface area contributed by atoms with E-state index >= 15 is 0 Å². The molecule has 1 aliphatic heterocycles. The highest BCUT2D eigenvalue weighted by atomic mass is 32.2. The Kier molecular flexibility index (Phi) is 3.65. The first-order valence-electron chi connectivity index (χ1n) is 3.71. The molecular weight excluding hydrogens is 164 g/mol. The molecule has 0 aromatic rings. The Bertz CT molecular complexity index is 104. The second-order valence-electron chi connectivity index (χ2n) is 2.51. The van der Waals surface area contributed by atoms with Gasteiger partial charge in [0.15, 0.2) is 5.79 Å². The molecule has 1 saturated heterocycles. The van der Waals surface area contributed by atoms with Gasteiger partial charge in [-0.2, -0.15) is 11.8 Å².